The lowest BCUT2D eigenvalue weighted by molar-refractivity contribution is 0.0774. The van der Waals surface area contributed by atoms with Crippen LogP contribution >= 0.6 is 0 Å². The Morgan fingerprint density at radius 2 is 2.24 bits per heavy atom. The molecule has 1 amide bonds. The molecule has 0 heterocycles. The van der Waals surface area contributed by atoms with Crippen LogP contribution in [0.5, 0.6) is 0 Å². The van der Waals surface area contributed by atoms with Gasteiger partial charge >= 0.3 is 0 Å². The number of nitrogens with zero attached hydrogens (tertiary/aromatic N) is 1. The van der Waals surface area contributed by atoms with Gasteiger partial charge in [0.2, 0.25) is 0 Å². The van der Waals surface area contributed by atoms with E-state index in [0.717, 1.165) is 18.5 Å². The molecule has 0 saturated carbocycles. The van der Waals surface area contributed by atoms with E-state index in [9.17, 15) is 4.79 Å². The largest absolute Gasteiger partial charge is 0.398 e. The van der Waals surface area contributed by atoms with Crippen molar-refractivity contribution in [2.24, 2.45) is 0 Å². The van der Waals surface area contributed by atoms with Crippen molar-refractivity contribution >= 4 is 11.6 Å². The molecule has 3 heteroatoms. The van der Waals surface area contributed by atoms with Crippen LogP contribution in [0, 0.1) is 6.92 Å². The summed E-state index contributed by atoms with van der Waals surface area (Å²) in [5.74, 6) is -0.0117. The summed E-state index contributed by atoms with van der Waals surface area (Å²) in [6, 6.07) is 5.53. The molecule has 0 unspecified atom stereocenters. The first kappa shape index (κ1) is 13.3. The van der Waals surface area contributed by atoms with Crippen molar-refractivity contribution in [2.45, 2.75) is 20.3 Å². The fourth-order valence-corrected chi connectivity index (χ4v) is 1.84. The summed E-state index contributed by atoms with van der Waals surface area (Å²) < 4.78 is 0. The van der Waals surface area contributed by atoms with Crippen molar-refractivity contribution in [2.75, 3.05) is 18.8 Å². The number of hydrogen-bond donors (Lipinski definition) is 1. The molecule has 0 radical (unpaired) electrons. The van der Waals surface area contributed by atoms with Gasteiger partial charge in [0, 0.05) is 18.8 Å². The van der Waals surface area contributed by atoms with Crippen LogP contribution in [0.1, 0.15) is 29.3 Å². The van der Waals surface area contributed by atoms with Crippen LogP contribution in [0.2, 0.25) is 0 Å². The van der Waals surface area contributed by atoms with Gasteiger partial charge in [-0.05, 0) is 25.0 Å². The fraction of sp³-hybridized carbons (Fsp3) is 0.357. The number of amides is 1. The number of hydrogen-bond acceptors (Lipinski definition) is 2. The highest BCUT2D eigenvalue weighted by Crippen LogP contribution is 2.18. The number of benzene rings is 1. The summed E-state index contributed by atoms with van der Waals surface area (Å²) in [4.78, 5) is 14.1. The van der Waals surface area contributed by atoms with Gasteiger partial charge in [0.15, 0.2) is 0 Å². The number of rotatable bonds is 5. The predicted octanol–water partition coefficient (Wildman–Crippen LogP) is 2.62. The van der Waals surface area contributed by atoms with Crippen LogP contribution in [-0.2, 0) is 0 Å². The summed E-state index contributed by atoms with van der Waals surface area (Å²) in [5, 5.41) is 0. The summed E-state index contributed by atoms with van der Waals surface area (Å²) in [6.45, 7) is 8.91. The molecule has 1 rings (SSSR count). The predicted molar refractivity (Wildman–Crippen MR) is 72.0 cm³/mol. The molecule has 0 saturated heterocycles. The molecule has 92 valence electrons. The minimum Gasteiger partial charge on any atom is -0.398 e. The Bertz CT molecular complexity index is 392. The first-order valence-electron chi connectivity index (χ1n) is 5.87. The van der Waals surface area contributed by atoms with Gasteiger partial charge in [-0.2, -0.15) is 0 Å². The number of carbonyl (C=O) groups excluding carboxylic acids is 1. The SMILES string of the molecule is C=CCN(CCC)C(=O)c1c(C)cccc1N. The average molecular weight is 232 g/mol. The molecule has 0 aliphatic rings. The average Bonchev–Trinajstić information content (AvgIpc) is 2.28. The molecule has 0 aliphatic carbocycles. The van der Waals surface area contributed by atoms with E-state index >= 15 is 0 Å². The van der Waals surface area contributed by atoms with Gasteiger partial charge in [-0.1, -0.05) is 25.1 Å². The minimum atomic E-state index is -0.0117. The highest BCUT2D eigenvalue weighted by atomic mass is 16.2. The second-order valence-corrected chi connectivity index (χ2v) is 4.08. The summed E-state index contributed by atoms with van der Waals surface area (Å²) >= 11 is 0. The Morgan fingerprint density at radius 3 is 2.76 bits per heavy atom. The maximum absolute atomic E-state index is 12.4. The van der Waals surface area contributed by atoms with E-state index in [4.69, 9.17) is 5.73 Å². The molecule has 3 nitrogen and oxygen atoms in total. The molecular weight excluding hydrogens is 212 g/mol. The fourth-order valence-electron chi connectivity index (χ4n) is 1.84. The number of nitrogen functional groups attached to an aromatic ring is 1. The van der Waals surface area contributed by atoms with Gasteiger partial charge in [-0.15, -0.1) is 6.58 Å². The number of anilines is 1. The van der Waals surface area contributed by atoms with Gasteiger partial charge in [0.25, 0.3) is 5.91 Å². The molecule has 1 aromatic rings. The van der Waals surface area contributed by atoms with Gasteiger partial charge in [-0.25, -0.2) is 0 Å². The molecule has 0 aromatic heterocycles. The van der Waals surface area contributed by atoms with E-state index < -0.39 is 0 Å². The molecule has 1 aromatic carbocycles. The van der Waals surface area contributed by atoms with Gasteiger partial charge in [-0.3, -0.25) is 4.79 Å². The van der Waals surface area contributed by atoms with Crippen molar-refractivity contribution < 1.29 is 4.79 Å². The Morgan fingerprint density at radius 1 is 1.53 bits per heavy atom. The molecule has 0 fully saturated rings. The molecule has 0 atom stereocenters. The van der Waals surface area contributed by atoms with Crippen LogP contribution in [0.25, 0.3) is 0 Å². The Labute approximate surface area is 103 Å². The smallest absolute Gasteiger partial charge is 0.256 e. The zero-order valence-corrected chi connectivity index (χ0v) is 10.6. The third kappa shape index (κ3) is 3.09. The topological polar surface area (TPSA) is 46.3 Å². The lowest BCUT2D eigenvalue weighted by Crippen LogP contribution is -2.32. The minimum absolute atomic E-state index is 0.0117. The van der Waals surface area contributed by atoms with E-state index in [1.54, 1.807) is 17.0 Å². The Balaban J connectivity index is 3.04. The second kappa shape index (κ2) is 6.09. The van der Waals surface area contributed by atoms with Crippen molar-refractivity contribution in [3.63, 3.8) is 0 Å². The van der Waals surface area contributed by atoms with Crippen LogP contribution < -0.4 is 5.73 Å². The summed E-state index contributed by atoms with van der Waals surface area (Å²) in [6.07, 6.45) is 2.66. The van der Waals surface area contributed by atoms with Crippen molar-refractivity contribution in [3.05, 3.63) is 42.0 Å². The monoisotopic (exact) mass is 232 g/mol. The van der Waals surface area contributed by atoms with Gasteiger partial charge in [0.05, 0.1) is 5.56 Å². The second-order valence-electron chi connectivity index (χ2n) is 4.08. The number of aryl methyl sites for hydroxylation is 1. The van der Waals surface area contributed by atoms with Gasteiger partial charge < -0.3 is 10.6 Å². The molecule has 0 bridgehead atoms. The van der Waals surface area contributed by atoms with Crippen molar-refractivity contribution in [1.82, 2.24) is 4.90 Å². The molecular formula is C14H20N2O. The molecule has 2 N–H and O–H groups in total. The first-order chi connectivity index (χ1) is 8.11. The zero-order chi connectivity index (χ0) is 12.8. The lowest BCUT2D eigenvalue weighted by atomic mass is 10.1. The highest BCUT2D eigenvalue weighted by Gasteiger charge is 2.18. The van der Waals surface area contributed by atoms with E-state index in [1.165, 1.54) is 0 Å². The van der Waals surface area contributed by atoms with E-state index in [2.05, 4.69) is 6.58 Å². The molecule has 17 heavy (non-hydrogen) atoms. The van der Waals surface area contributed by atoms with E-state index in [-0.39, 0.29) is 5.91 Å². The van der Waals surface area contributed by atoms with Gasteiger partial charge in [0.1, 0.15) is 0 Å². The summed E-state index contributed by atoms with van der Waals surface area (Å²) in [7, 11) is 0. The van der Waals surface area contributed by atoms with Crippen molar-refractivity contribution in [1.29, 1.82) is 0 Å². The van der Waals surface area contributed by atoms with Crippen LogP contribution in [0.15, 0.2) is 30.9 Å². The van der Waals surface area contributed by atoms with E-state index in [0.29, 0.717) is 17.8 Å². The third-order valence-corrected chi connectivity index (χ3v) is 2.65. The molecule has 0 spiro atoms. The highest BCUT2D eigenvalue weighted by molar-refractivity contribution is 6.00. The first-order valence-corrected chi connectivity index (χ1v) is 5.87. The van der Waals surface area contributed by atoms with Crippen LogP contribution in [0.3, 0.4) is 0 Å². The third-order valence-electron chi connectivity index (χ3n) is 2.65. The number of carbonyl (C=O) groups is 1. The Kier molecular flexibility index (Phi) is 4.76. The van der Waals surface area contributed by atoms with Crippen LogP contribution in [-0.4, -0.2) is 23.9 Å². The quantitative estimate of drug-likeness (QED) is 0.626. The molecule has 0 aliphatic heterocycles. The standard InChI is InChI=1S/C14H20N2O/c1-4-9-16(10-5-2)14(17)13-11(3)7-6-8-12(13)15/h4,6-8H,1,5,9-10,15H2,2-3H3. The van der Waals surface area contributed by atoms with Crippen molar-refractivity contribution in [3.8, 4) is 0 Å². The summed E-state index contributed by atoms with van der Waals surface area (Å²) in [5.41, 5.74) is 7.95. The Hall–Kier alpha value is -1.77. The normalized spacial score (nSPS) is 10.0. The lowest BCUT2D eigenvalue weighted by Gasteiger charge is -2.22. The zero-order valence-electron chi connectivity index (χ0n) is 10.6. The maximum Gasteiger partial charge on any atom is 0.256 e. The van der Waals surface area contributed by atoms with E-state index in [1.807, 2.05) is 26.0 Å². The van der Waals surface area contributed by atoms with Crippen LogP contribution in [0.4, 0.5) is 5.69 Å². The maximum atomic E-state index is 12.4. The number of nitrogens with two attached hydrogens (primary N) is 1.